The molecular weight excluding hydrogens is 368 g/mol. The van der Waals surface area contributed by atoms with Crippen molar-refractivity contribution in [2.75, 3.05) is 38.2 Å². The van der Waals surface area contributed by atoms with Gasteiger partial charge in [-0.25, -0.2) is 0 Å². The predicted molar refractivity (Wildman–Crippen MR) is 100.0 cm³/mol. The lowest BCUT2D eigenvalue weighted by molar-refractivity contribution is 0.0745. The molecule has 0 aromatic heterocycles. The number of carbonyl (C=O) groups is 1. The Kier molecular flexibility index (Phi) is 5.09. The van der Waals surface area contributed by atoms with Crippen LogP contribution in [0.4, 0.5) is 5.69 Å². The molecule has 0 spiro atoms. The number of nitrogens with zero attached hydrogens (tertiary/aromatic N) is 2. The monoisotopic (exact) mass is 388 g/mol. The molecule has 1 amide bonds. The standard InChI is InChI=1S/C19H21BrN2O2/c1-14-4-3-5-15(12-14)21-8-10-22(11-9-21)19(23)17-13-16(24-2)6-7-18(17)20/h3-7,12-13H,8-11H2,1-2H3. The molecule has 4 nitrogen and oxygen atoms in total. The molecule has 5 heteroatoms. The van der Waals surface area contributed by atoms with Gasteiger partial charge in [0.2, 0.25) is 0 Å². The van der Waals surface area contributed by atoms with E-state index in [1.807, 2.05) is 17.0 Å². The Bertz CT molecular complexity index is 740. The van der Waals surface area contributed by atoms with E-state index in [-0.39, 0.29) is 5.91 Å². The SMILES string of the molecule is COc1ccc(Br)c(C(=O)N2CCN(c3cccc(C)c3)CC2)c1. The minimum Gasteiger partial charge on any atom is -0.497 e. The second-order valence-electron chi connectivity index (χ2n) is 5.96. The van der Waals surface area contributed by atoms with E-state index in [0.29, 0.717) is 11.3 Å². The predicted octanol–water partition coefficient (Wildman–Crippen LogP) is 3.73. The number of halogens is 1. The molecule has 0 aliphatic carbocycles. The zero-order chi connectivity index (χ0) is 17.1. The van der Waals surface area contributed by atoms with E-state index < -0.39 is 0 Å². The van der Waals surface area contributed by atoms with Crippen LogP contribution in [-0.2, 0) is 0 Å². The molecule has 3 rings (SSSR count). The minimum absolute atomic E-state index is 0.0460. The summed E-state index contributed by atoms with van der Waals surface area (Å²) in [7, 11) is 1.61. The van der Waals surface area contributed by atoms with E-state index in [9.17, 15) is 4.79 Å². The zero-order valence-corrected chi connectivity index (χ0v) is 15.5. The van der Waals surface area contributed by atoms with Gasteiger partial charge in [-0.3, -0.25) is 4.79 Å². The molecule has 1 fully saturated rings. The van der Waals surface area contributed by atoms with Gasteiger partial charge in [0.05, 0.1) is 12.7 Å². The number of carbonyl (C=O) groups excluding carboxylic acids is 1. The maximum atomic E-state index is 12.8. The molecule has 0 saturated carbocycles. The van der Waals surface area contributed by atoms with Crippen molar-refractivity contribution in [3.8, 4) is 5.75 Å². The van der Waals surface area contributed by atoms with Crippen LogP contribution in [0.1, 0.15) is 15.9 Å². The number of hydrogen-bond donors (Lipinski definition) is 0. The first-order valence-corrected chi connectivity index (χ1v) is 8.82. The van der Waals surface area contributed by atoms with E-state index in [4.69, 9.17) is 4.74 Å². The Morgan fingerprint density at radius 3 is 2.50 bits per heavy atom. The van der Waals surface area contributed by atoms with Crippen molar-refractivity contribution in [3.05, 3.63) is 58.1 Å². The van der Waals surface area contributed by atoms with Gasteiger partial charge >= 0.3 is 0 Å². The normalized spacial score (nSPS) is 14.6. The Balaban J connectivity index is 1.69. The van der Waals surface area contributed by atoms with Gasteiger partial charge in [-0.2, -0.15) is 0 Å². The third-order valence-corrected chi connectivity index (χ3v) is 5.03. The number of anilines is 1. The van der Waals surface area contributed by atoms with Crippen molar-refractivity contribution in [3.63, 3.8) is 0 Å². The summed E-state index contributed by atoms with van der Waals surface area (Å²) in [6, 6.07) is 14.0. The van der Waals surface area contributed by atoms with Gasteiger partial charge < -0.3 is 14.5 Å². The third kappa shape index (κ3) is 3.56. The van der Waals surface area contributed by atoms with Crippen molar-refractivity contribution in [1.82, 2.24) is 4.90 Å². The molecule has 0 radical (unpaired) electrons. The van der Waals surface area contributed by atoms with Crippen LogP contribution < -0.4 is 9.64 Å². The summed E-state index contributed by atoms with van der Waals surface area (Å²) in [5.41, 5.74) is 3.13. The molecule has 126 valence electrons. The van der Waals surface area contributed by atoms with Gasteiger partial charge in [-0.15, -0.1) is 0 Å². The van der Waals surface area contributed by atoms with E-state index >= 15 is 0 Å². The van der Waals surface area contributed by atoms with E-state index in [1.165, 1.54) is 11.3 Å². The first-order chi connectivity index (χ1) is 11.6. The van der Waals surface area contributed by atoms with Gasteiger partial charge in [0.15, 0.2) is 0 Å². The van der Waals surface area contributed by atoms with Crippen molar-refractivity contribution >= 4 is 27.5 Å². The lowest BCUT2D eigenvalue weighted by Gasteiger charge is -2.36. The number of amides is 1. The molecule has 0 unspecified atom stereocenters. The van der Waals surface area contributed by atoms with Crippen LogP contribution in [0.15, 0.2) is 46.9 Å². The molecule has 0 bridgehead atoms. The van der Waals surface area contributed by atoms with Crippen LogP contribution in [0.25, 0.3) is 0 Å². The Labute approximate surface area is 151 Å². The topological polar surface area (TPSA) is 32.8 Å². The highest BCUT2D eigenvalue weighted by atomic mass is 79.9. The summed E-state index contributed by atoms with van der Waals surface area (Å²) in [6.45, 7) is 5.23. The Morgan fingerprint density at radius 2 is 1.83 bits per heavy atom. The summed E-state index contributed by atoms with van der Waals surface area (Å²) in [4.78, 5) is 17.0. The Hall–Kier alpha value is -2.01. The highest BCUT2D eigenvalue weighted by Gasteiger charge is 2.24. The first kappa shape index (κ1) is 16.8. The van der Waals surface area contributed by atoms with Crippen LogP contribution in [-0.4, -0.2) is 44.1 Å². The lowest BCUT2D eigenvalue weighted by atomic mass is 10.1. The number of ether oxygens (including phenoxy) is 1. The molecule has 24 heavy (non-hydrogen) atoms. The van der Waals surface area contributed by atoms with Gasteiger partial charge in [-0.1, -0.05) is 12.1 Å². The van der Waals surface area contributed by atoms with E-state index in [2.05, 4.69) is 52.0 Å². The number of hydrogen-bond acceptors (Lipinski definition) is 3. The summed E-state index contributed by atoms with van der Waals surface area (Å²) in [6.07, 6.45) is 0. The lowest BCUT2D eigenvalue weighted by Crippen LogP contribution is -2.48. The van der Waals surface area contributed by atoms with Crippen molar-refractivity contribution in [2.24, 2.45) is 0 Å². The van der Waals surface area contributed by atoms with Crippen LogP contribution in [0.2, 0.25) is 0 Å². The molecule has 1 saturated heterocycles. The average molecular weight is 389 g/mol. The number of rotatable bonds is 3. The minimum atomic E-state index is 0.0460. The maximum absolute atomic E-state index is 12.8. The molecule has 2 aromatic rings. The molecular formula is C19H21BrN2O2. The molecule has 2 aromatic carbocycles. The van der Waals surface area contributed by atoms with Crippen molar-refractivity contribution in [1.29, 1.82) is 0 Å². The molecule has 0 atom stereocenters. The van der Waals surface area contributed by atoms with Crippen molar-refractivity contribution < 1.29 is 9.53 Å². The molecule has 1 heterocycles. The number of piperazine rings is 1. The van der Waals surface area contributed by atoms with Gasteiger partial charge in [-0.05, 0) is 58.7 Å². The second kappa shape index (κ2) is 7.26. The van der Waals surface area contributed by atoms with Crippen LogP contribution in [0.5, 0.6) is 5.75 Å². The average Bonchev–Trinajstić information content (AvgIpc) is 2.62. The molecule has 1 aliphatic heterocycles. The largest absolute Gasteiger partial charge is 0.497 e. The summed E-state index contributed by atoms with van der Waals surface area (Å²) >= 11 is 3.47. The Morgan fingerprint density at radius 1 is 1.08 bits per heavy atom. The first-order valence-electron chi connectivity index (χ1n) is 8.03. The third-order valence-electron chi connectivity index (χ3n) is 4.34. The quantitative estimate of drug-likeness (QED) is 0.802. The molecule has 1 aliphatic rings. The highest BCUT2D eigenvalue weighted by Crippen LogP contribution is 2.25. The van der Waals surface area contributed by atoms with Gasteiger partial charge in [0, 0.05) is 36.3 Å². The number of aryl methyl sites for hydroxylation is 1. The van der Waals surface area contributed by atoms with E-state index in [0.717, 1.165) is 30.7 Å². The summed E-state index contributed by atoms with van der Waals surface area (Å²) in [5, 5.41) is 0. The second-order valence-corrected chi connectivity index (χ2v) is 6.82. The van der Waals surface area contributed by atoms with Gasteiger partial charge in [0.25, 0.3) is 5.91 Å². The smallest absolute Gasteiger partial charge is 0.255 e. The number of benzene rings is 2. The fourth-order valence-electron chi connectivity index (χ4n) is 2.96. The fraction of sp³-hybridized carbons (Fsp3) is 0.316. The fourth-order valence-corrected chi connectivity index (χ4v) is 3.37. The van der Waals surface area contributed by atoms with E-state index in [1.54, 1.807) is 13.2 Å². The zero-order valence-electron chi connectivity index (χ0n) is 14.0. The highest BCUT2D eigenvalue weighted by molar-refractivity contribution is 9.10. The molecule has 0 N–H and O–H groups in total. The van der Waals surface area contributed by atoms with Crippen LogP contribution in [0.3, 0.4) is 0 Å². The van der Waals surface area contributed by atoms with Crippen LogP contribution in [0, 0.1) is 6.92 Å². The summed E-state index contributed by atoms with van der Waals surface area (Å²) < 4.78 is 6.03. The van der Waals surface area contributed by atoms with Gasteiger partial charge in [0.1, 0.15) is 5.75 Å². The van der Waals surface area contributed by atoms with Crippen LogP contribution >= 0.6 is 15.9 Å². The summed E-state index contributed by atoms with van der Waals surface area (Å²) in [5.74, 6) is 0.740. The van der Waals surface area contributed by atoms with Crippen molar-refractivity contribution in [2.45, 2.75) is 6.92 Å². The number of methoxy groups -OCH3 is 1. The maximum Gasteiger partial charge on any atom is 0.255 e.